The average molecular weight is 314 g/mol. The molecule has 1 fully saturated rings. The second-order valence-electron chi connectivity index (χ2n) is 5.80. The first-order valence-corrected chi connectivity index (χ1v) is 7.43. The van der Waals surface area contributed by atoms with Crippen molar-refractivity contribution in [3.63, 3.8) is 0 Å². The van der Waals surface area contributed by atoms with Crippen LogP contribution in [0.2, 0.25) is 0 Å². The highest BCUT2D eigenvalue weighted by Gasteiger charge is 2.32. The van der Waals surface area contributed by atoms with Crippen molar-refractivity contribution in [2.75, 3.05) is 6.54 Å². The van der Waals surface area contributed by atoms with Crippen molar-refractivity contribution in [3.8, 4) is 6.07 Å². The fourth-order valence-electron chi connectivity index (χ4n) is 3.10. The summed E-state index contributed by atoms with van der Waals surface area (Å²) in [5.74, 6) is -0.744. The molecular formula is C18H16F2N2O. The first-order chi connectivity index (χ1) is 11.1. The summed E-state index contributed by atoms with van der Waals surface area (Å²) in [6.45, 7) is 0.895. The molecule has 3 rings (SSSR count). The van der Waals surface area contributed by atoms with Crippen molar-refractivity contribution < 1.29 is 13.9 Å². The van der Waals surface area contributed by atoms with Crippen LogP contribution in [0.25, 0.3) is 0 Å². The predicted octanol–water partition coefficient (Wildman–Crippen LogP) is 3.14. The SMILES string of the molecule is N#Cc1cc(F)ccc1CN1CC(O)CC1c1ccc(F)cc1. The first kappa shape index (κ1) is 15.6. The molecule has 0 bridgehead atoms. The molecular weight excluding hydrogens is 298 g/mol. The number of likely N-dealkylation sites (tertiary alicyclic amines) is 1. The van der Waals surface area contributed by atoms with E-state index in [2.05, 4.69) is 0 Å². The number of aliphatic hydroxyl groups is 1. The van der Waals surface area contributed by atoms with Gasteiger partial charge in [0.2, 0.25) is 0 Å². The largest absolute Gasteiger partial charge is 0.392 e. The van der Waals surface area contributed by atoms with E-state index < -0.39 is 11.9 Å². The van der Waals surface area contributed by atoms with Crippen molar-refractivity contribution in [2.24, 2.45) is 0 Å². The lowest BCUT2D eigenvalue weighted by Crippen LogP contribution is -2.24. The van der Waals surface area contributed by atoms with Gasteiger partial charge in [0.1, 0.15) is 11.6 Å². The Morgan fingerprint density at radius 1 is 1.13 bits per heavy atom. The lowest BCUT2D eigenvalue weighted by atomic mass is 10.0. The quantitative estimate of drug-likeness (QED) is 0.947. The van der Waals surface area contributed by atoms with Gasteiger partial charge in [-0.25, -0.2) is 8.78 Å². The van der Waals surface area contributed by atoms with Gasteiger partial charge in [-0.15, -0.1) is 0 Å². The van der Waals surface area contributed by atoms with E-state index in [1.165, 1.54) is 24.3 Å². The van der Waals surface area contributed by atoms with Crippen LogP contribution in [0, 0.1) is 23.0 Å². The summed E-state index contributed by atoms with van der Waals surface area (Å²) in [7, 11) is 0. The monoisotopic (exact) mass is 314 g/mol. The third-order valence-electron chi connectivity index (χ3n) is 4.20. The van der Waals surface area contributed by atoms with Crippen molar-refractivity contribution in [1.29, 1.82) is 5.26 Å². The maximum Gasteiger partial charge on any atom is 0.124 e. The fraction of sp³-hybridized carbons (Fsp3) is 0.278. The van der Waals surface area contributed by atoms with Crippen molar-refractivity contribution in [2.45, 2.75) is 25.1 Å². The summed E-state index contributed by atoms with van der Waals surface area (Å²) in [6, 6.07) is 12.3. The molecule has 1 saturated heterocycles. The van der Waals surface area contributed by atoms with Gasteiger partial charge in [-0.2, -0.15) is 5.26 Å². The normalized spacial score (nSPS) is 21.3. The molecule has 0 aliphatic carbocycles. The van der Waals surface area contributed by atoms with Gasteiger partial charge in [-0.05, 0) is 41.8 Å². The molecule has 1 N–H and O–H groups in total. The summed E-state index contributed by atoms with van der Waals surface area (Å²) in [5.41, 5.74) is 1.93. The minimum absolute atomic E-state index is 0.0535. The Morgan fingerprint density at radius 2 is 1.83 bits per heavy atom. The maximum absolute atomic E-state index is 13.2. The number of β-amino-alcohol motifs (C(OH)–C–C–N with tert-alkyl or cyclic N) is 1. The van der Waals surface area contributed by atoms with E-state index in [4.69, 9.17) is 5.26 Å². The van der Waals surface area contributed by atoms with Crippen LogP contribution in [0.4, 0.5) is 8.78 Å². The van der Waals surface area contributed by atoms with Crippen LogP contribution < -0.4 is 0 Å². The predicted molar refractivity (Wildman–Crippen MR) is 81.3 cm³/mol. The topological polar surface area (TPSA) is 47.3 Å². The van der Waals surface area contributed by atoms with E-state index in [9.17, 15) is 13.9 Å². The second-order valence-corrected chi connectivity index (χ2v) is 5.80. The number of halogens is 2. The zero-order valence-corrected chi connectivity index (χ0v) is 12.4. The highest BCUT2D eigenvalue weighted by Crippen LogP contribution is 2.34. The summed E-state index contributed by atoms with van der Waals surface area (Å²) < 4.78 is 26.3. The molecule has 23 heavy (non-hydrogen) atoms. The van der Waals surface area contributed by atoms with E-state index in [0.29, 0.717) is 25.1 Å². The Balaban J connectivity index is 1.86. The molecule has 2 aromatic carbocycles. The number of benzene rings is 2. The summed E-state index contributed by atoms with van der Waals surface area (Å²) in [4.78, 5) is 2.03. The summed E-state index contributed by atoms with van der Waals surface area (Å²) in [5, 5.41) is 19.1. The Morgan fingerprint density at radius 3 is 2.52 bits per heavy atom. The van der Waals surface area contributed by atoms with Gasteiger partial charge < -0.3 is 5.11 Å². The van der Waals surface area contributed by atoms with E-state index in [0.717, 1.165) is 11.1 Å². The number of nitriles is 1. The van der Waals surface area contributed by atoms with E-state index in [-0.39, 0.29) is 11.9 Å². The third-order valence-corrected chi connectivity index (χ3v) is 4.20. The van der Waals surface area contributed by atoms with Crippen molar-refractivity contribution >= 4 is 0 Å². The van der Waals surface area contributed by atoms with Gasteiger partial charge in [0.15, 0.2) is 0 Å². The zero-order chi connectivity index (χ0) is 16.4. The molecule has 5 heteroatoms. The van der Waals surface area contributed by atoms with Crippen molar-refractivity contribution in [1.82, 2.24) is 4.90 Å². The second kappa shape index (κ2) is 6.45. The van der Waals surface area contributed by atoms with Gasteiger partial charge in [-0.1, -0.05) is 18.2 Å². The van der Waals surface area contributed by atoms with E-state index in [1.807, 2.05) is 11.0 Å². The maximum atomic E-state index is 13.2. The molecule has 2 atom stereocenters. The fourth-order valence-corrected chi connectivity index (χ4v) is 3.10. The Hall–Kier alpha value is -2.29. The van der Waals surface area contributed by atoms with Crippen LogP contribution in [-0.4, -0.2) is 22.7 Å². The highest BCUT2D eigenvalue weighted by molar-refractivity contribution is 5.38. The molecule has 0 saturated carbocycles. The number of hydrogen-bond acceptors (Lipinski definition) is 3. The Kier molecular flexibility index (Phi) is 4.37. The lowest BCUT2D eigenvalue weighted by Gasteiger charge is -2.25. The number of rotatable bonds is 3. The summed E-state index contributed by atoms with van der Waals surface area (Å²) in [6.07, 6.45) is 0.0744. The number of aliphatic hydroxyl groups excluding tert-OH is 1. The Bertz CT molecular complexity index is 740. The van der Waals surface area contributed by atoms with Crippen LogP contribution in [0.3, 0.4) is 0 Å². The van der Waals surface area contributed by atoms with Crippen LogP contribution in [0.1, 0.15) is 29.2 Å². The van der Waals surface area contributed by atoms with Gasteiger partial charge in [-0.3, -0.25) is 4.90 Å². The zero-order valence-electron chi connectivity index (χ0n) is 12.4. The van der Waals surface area contributed by atoms with E-state index in [1.54, 1.807) is 18.2 Å². The van der Waals surface area contributed by atoms with Crippen LogP contribution in [0.15, 0.2) is 42.5 Å². The molecule has 0 amide bonds. The minimum atomic E-state index is -0.476. The molecule has 3 nitrogen and oxygen atoms in total. The molecule has 2 aromatic rings. The van der Waals surface area contributed by atoms with Gasteiger partial charge in [0.25, 0.3) is 0 Å². The molecule has 1 aliphatic heterocycles. The molecule has 0 spiro atoms. The molecule has 0 aromatic heterocycles. The number of nitrogens with zero attached hydrogens (tertiary/aromatic N) is 2. The van der Waals surface area contributed by atoms with Gasteiger partial charge in [0, 0.05) is 19.1 Å². The molecule has 118 valence electrons. The lowest BCUT2D eigenvalue weighted by molar-refractivity contribution is 0.172. The van der Waals surface area contributed by atoms with Gasteiger partial charge >= 0.3 is 0 Å². The van der Waals surface area contributed by atoms with Crippen LogP contribution in [0.5, 0.6) is 0 Å². The number of hydrogen-bond donors (Lipinski definition) is 1. The van der Waals surface area contributed by atoms with Crippen LogP contribution in [-0.2, 0) is 6.54 Å². The standard InChI is InChI=1S/C18H16F2N2O/c19-15-4-1-12(2-5-15)18-8-17(23)11-22(18)10-13-3-6-16(20)7-14(13)9-21/h1-7,17-18,23H,8,10-11H2. The van der Waals surface area contributed by atoms with Crippen LogP contribution >= 0.6 is 0 Å². The van der Waals surface area contributed by atoms with Crippen molar-refractivity contribution in [3.05, 3.63) is 70.8 Å². The van der Waals surface area contributed by atoms with E-state index >= 15 is 0 Å². The van der Waals surface area contributed by atoms with Gasteiger partial charge in [0.05, 0.1) is 17.7 Å². The molecule has 0 radical (unpaired) electrons. The molecule has 1 heterocycles. The minimum Gasteiger partial charge on any atom is -0.392 e. The molecule has 2 unspecified atom stereocenters. The molecule has 1 aliphatic rings. The summed E-state index contributed by atoms with van der Waals surface area (Å²) >= 11 is 0. The first-order valence-electron chi connectivity index (χ1n) is 7.43. The third kappa shape index (κ3) is 3.39. The highest BCUT2D eigenvalue weighted by atomic mass is 19.1. The average Bonchev–Trinajstić information content (AvgIpc) is 2.90. The Labute approximate surface area is 133 Å². The smallest absolute Gasteiger partial charge is 0.124 e.